The molecule has 1 amide bonds. The highest BCUT2D eigenvalue weighted by Crippen LogP contribution is 2.49. The smallest absolute Gasteiger partial charge is 0.424 e. The first-order chi connectivity index (χ1) is 13.6. The molecule has 1 aromatic carbocycles. The molecule has 0 aliphatic heterocycles. The van der Waals surface area contributed by atoms with Gasteiger partial charge in [0.15, 0.2) is 0 Å². The van der Waals surface area contributed by atoms with Crippen LogP contribution in [0.2, 0.25) is 10.0 Å². The number of nitrogens with zero attached hydrogens (tertiary/aromatic N) is 1. The van der Waals surface area contributed by atoms with Crippen molar-refractivity contribution in [2.75, 3.05) is 20.5 Å². The molecule has 0 saturated carbocycles. The third kappa shape index (κ3) is 5.30. The average molecular weight is 518 g/mol. The highest BCUT2D eigenvalue weighted by atomic mass is 35.5. The molecule has 0 atom stereocenters. The molecule has 13 heteroatoms. The average Bonchev–Trinajstić information content (AvgIpc) is 3.09. The number of hydrogen-bond acceptors (Lipinski definition) is 8. The summed E-state index contributed by atoms with van der Waals surface area (Å²) in [6.07, 6.45) is -2.09. The number of amides is 1. The Balaban J connectivity index is 2.65. The molecule has 0 aliphatic rings. The van der Waals surface area contributed by atoms with E-state index in [9.17, 15) is 17.8 Å². The Bertz CT molecular complexity index is 1120. The zero-order chi connectivity index (χ0) is 23.1. The highest BCUT2D eigenvalue weighted by molar-refractivity contribution is 7.92. The normalized spacial score (nSPS) is 12.9. The minimum atomic E-state index is -4.51. The lowest BCUT2D eigenvalue weighted by Crippen LogP contribution is -2.41. The van der Waals surface area contributed by atoms with Crippen LogP contribution in [-0.2, 0) is 28.4 Å². The molecule has 2 rings (SSSR count). The fraction of sp³-hybridized carbons (Fsp3) is 0.471. The van der Waals surface area contributed by atoms with Crippen LogP contribution in [0.15, 0.2) is 16.3 Å². The molecule has 8 nitrogen and oxygen atoms in total. The first kappa shape index (κ1) is 25.4. The molecule has 30 heavy (non-hydrogen) atoms. The van der Waals surface area contributed by atoms with Crippen molar-refractivity contribution >= 4 is 68.3 Å². The fourth-order valence-electron chi connectivity index (χ4n) is 2.37. The molecule has 0 unspecified atom stereocenters. The lowest BCUT2D eigenvalue weighted by atomic mass is 10.2. The number of carbonyl (C=O) groups excluding carboxylic acids is 1. The zero-order valence-corrected chi connectivity index (χ0v) is 21.2. The molecule has 0 fully saturated rings. The quantitative estimate of drug-likeness (QED) is 0.440. The van der Waals surface area contributed by atoms with Gasteiger partial charge < -0.3 is 13.8 Å². The fourth-order valence-corrected chi connectivity index (χ4v) is 7.32. The molecule has 0 N–H and O–H groups in total. The van der Waals surface area contributed by atoms with Crippen molar-refractivity contribution in [3.8, 4) is 0 Å². The summed E-state index contributed by atoms with van der Waals surface area (Å²) in [6.45, 7) is 6.46. The molecule has 168 valence electrons. The van der Waals surface area contributed by atoms with E-state index < -0.39 is 35.6 Å². The number of fused-ring (bicyclic) bond motifs is 1. The van der Waals surface area contributed by atoms with Crippen LogP contribution in [0.25, 0.3) is 10.1 Å². The van der Waals surface area contributed by atoms with Crippen LogP contribution in [0, 0.1) is 6.92 Å². The van der Waals surface area contributed by atoms with E-state index in [-0.39, 0.29) is 4.21 Å². The third-order valence-corrected chi connectivity index (χ3v) is 10.0. The van der Waals surface area contributed by atoms with Crippen molar-refractivity contribution in [3.05, 3.63) is 27.7 Å². The number of benzene rings is 1. The lowest BCUT2D eigenvalue weighted by molar-refractivity contribution is 0.0402. The monoisotopic (exact) mass is 517 g/mol. The summed E-state index contributed by atoms with van der Waals surface area (Å²) in [6, 6.07) is 2.94. The molecule has 0 bridgehead atoms. The Morgan fingerprint density at radius 2 is 1.77 bits per heavy atom. The van der Waals surface area contributed by atoms with Crippen LogP contribution in [-0.4, -0.2) is 44.9 Å². The van der Waals surface area contributed by atoms with Gasteiger partial charge in [-0.15, -0.1) is 11.3 Å². The number of halogens is 2. The predicted octanol–water partition coefficient (Wildman–Crippen LogP) is 5.89. The molecule has 0 radical (unpaired) electrons. The van der Waals surface area contributed by atoms with Crippen LogP contribution in [0.3, 0.4) is 0 Å². The summed E-state index contributed by atoms with van der Waals surface area (Å²) in [5.41, 5.74) is -0.332. The Morgan fingerprint density at radius 3 is 2.27 bits per heavy atom. The first-order valence-electron chi connectivity index (χ1n) is 8.49. The second kappa shape index (κ2) is 8.94. The van der Waals surface area contributed by atoms with E-state index in [1.807, 2.05) is 0 Å². The predicted molar refractivity (Wildman–Crippen MR) is 118 cm³/mol. The number of carbonyl (C=O) groups is 1. The number of sulfonamides is 1. The second-order valence-electron chi connectivity index (χ2n) is 7.25. The van der Waals surface area contributed by atoms with Crippen molar-refractivity contribution in [3.63, 3.8) is 0 Å². The number of ether oxygens (including phenoxy) is 1. The standard InChI is InChI=1S/C17H22Cl2NO7PS2/c1-10-7-12(18)15-11(14(10)19)8-13(29-15)30(23,24)20(9-28(22,25-5)26-6)16(21)27-17(2,3)4/h7-8H,9H2,1-6H3. The van der Waals surface area contributed by atoms with E-state index in [1.165, 1.54) is 6.07 Å². The van der Waals surface area contributed by atoms with Crippen molar-refractivity contribution in [1.29, 1.82) is 0 Å². The molecule has 0 saturated heterocycles. The van der Waals surface area contributed by atoms with Gasteiger partial charge in [-0.1, -0.05) is 23.2 Å². The highest BCUT2D eigenvalue weighted by Gasteiger charge is 2.40. The van der Waals surface area contributed by atoms with Gasteiger partial charge in [0.1, 0.15) is 16.1 Å². The van der Waals surface area contributed by atoms with Crippen LogP contribution < -0.4 is 0 Å². The molecule has 1 heterocycles. The molecular weight excluding hydrogens is 496 g/mol. The van der Waals surface area contributed by atoms with E-state index in [4.69, 9.17) is 37.0 Å². The Morgan fingerprint density at radius 1 is 1.20 bits per heavy atom. The maximum Gasteiger partial charge on any atom is 0.424 e. The van der Waals surface area contributed by atoms with Crippen molar-refractivity contribution in [2.45, 2.75) is 37.5 Å². The maximum absolute atomic E-state index is 13.4. The number of hydrogen-bond donors (Lipinski definition) is 0. The van der Waals surface area contributed by atoms with Crippen LogP contribution in [0.5, 0.6) is 0 Å². The van der Waals surface area contributed by atoms with E-state index in [0.717, 1.165) is 25.6 Å². The van der Waals surface area contributed by atoms with Gasteiger partial charge in [-0.3, -0.25) is 4.57 Å². The summed E-state index contributed by atoms with van der Waals surface area (Å²) < 4.78 is 54.8. The van der Waals surface area contributed by atoms with Crippen LogP contribution in [0.4, 0.5) is 4.79 Å². The molecular formula is C17H22Cl2NO7PS2. The van der Waals surface area contributed by atoms with Crippen LogP contribution in [0.1, 0.15) is 26.3 Å². The Labute approximate surface area is 189 Å². The first-order valence-corrected chi connectivity index (χ1v) is 13.2. The number of rotatable bonds is 6. The van der Waals surface area contributed by atoms with Crippen molar-refractivity contribution in [1.82, 2.24) is 4.31 Å². The number of thiophene rings is 1. The van der Waals surface area contributed by atoms with Gasteiger partial charge in [0, 0.05) is 19.6 Å². The lowest BCUT2D eigenvalue weighted by Gasteiger charge is -2.28. The minimum absolute atomic E-state index is 0.225. The largest absolute Gasteiger partial charge is 0.443 e. The van der Waals surface area contributed by atoms with Gasteiger partial charge in [-0.05, 0) is 45.4 Å². The van der Waals surface area contributed by atoms with Gasteiger partial charge in [0.05, 0.1) is 14.7 Å². The van der Waals surface area contributed by atoms with E-state index >= 15 is 0 Å². The van der Waals surface area contributed by atoms with Gasteiger partial charge >= 0.3 is 13.7 Å². The molecule has 0 spiro atoms. The summed E-state index contributed by atoms with van der Waals surface area (Å²) in [5, 5.41) is 1.09. The van der Waals surface area contributed by atoms with E-state index in [1.54, 1.807) is 33.8 Å². The summed E-state index contributed by atoms with van der Waals surface area (Å²) in [4.78, 5) is 12.7. The summed E-state index contributed by atoms with van der Waals surface area (Å²) >= 11 is 13.4. The van der Waals surface area contributed by atoms with Crippen molar-refractivity contribution in [2.24, 2.45) is 0 Å². The molecule has 1 aromatic heterocycles. The maximum atomic E-state index is 13.4. The van der Waals surface area contributed by atoms with E-state index in [2.05, 4.69) is 0 Å². The topological polar surface area (TPSA) is 99.2 Å². The summed E-state index contributed by atoms with van der Waals surface area (Å²) in [5.74, 6) is 0. The summed E-state index contributed by atoms with van der Waals surface area (Å²) in [7, 11) is -6.26. The van der Waals surface area contributed by atoms with Gasteiger partial charge in [0.2, 0.25) is 0 Å². The Kier molecular flexibility index (Phi) is 7.56. The van der Waals surface area contributed by atoms with Gasteiger partial charge in [0.25, 0.3) is 10.0 Å². The minimum Gasteiger partial charge on any atom is -0.443 e. The van der Waals surface area contributed by atoms with Gasteiger partial charge in [-0.25, -0.2) is 4.79 Å². The molecule has 2 aromatic rings. The number of aryl methyl sites for hydroxylation is 1. The van der Waals surface area contributed by atoms with E-state index in [0.29, 0.717) is 30.0 Å². The van der Waals surface area contributed by atoms with Crippen LogP contribution >= 0.6 is 42.1 Å². The SMILES string of the molecule is COP(=O)(CN(C(=O)OC(C)(C)C)S(=O)(=O)c1cc2c(Cl)c(C)cc(Cl)c2s1)OC. The zero-order valence-electron chi connectivity index (χ0n) is 17.2. The second-order valence-corrected chi connectivity index (χ2v) is 13.4. The van der Waals surface area contributed by atoms with Crippen molar-refractivity contribution < 1.29 is 31.6 Å². The third-order valence-electron chi connectivity index (χ3n) is 3.85. The molecule has 0 aliphatic carbocycles. The van der Waals surface area contributed by atoms with Gasteiger partial charge in [-0.2, -0.15) is 12.7 Å². The Hall–Kier alpha value is -0.870.